The first-order valence-electron chi connectivity index (χ1n) is 3.24. The Hall–Kier alpha value is -1.16. The predicted octanol–water partition coefficient (Wildman–Crippen LogP) is 1.19. The van der Waals surface area contributed by atoms with Gasteiger partial charge in [-0.2, -0.15) is 0 Å². The van der Waals surface area contributed by atoms with Gasteiger partial charge in [0.05, 0.1) is 12.7 Å². The Kier molecular flexibility index (Phi) is 1.69. The molecule has 0 aliphatic rings. The molecule has 0 saturated carbocycles. The van der Waals surface area contributed by atoms with Crippen molar-refractivity contribution in [2.75, 3.05) is 0 Å². The maximum Gasteiger partial charge on any atom is 0.0770 e. The molecule has 0 saturated heterocycles. The first-order valence-corrected chi connectivity index (χ1v) is 4.05. The fraction of sp³-hybridized carbons (Fsp3) is 0.143. The van der Waals surface area contributed by atoms with Gasteiger partial charge in [0.15, 0.2) is 0 Å². The molecule has 2 aromatic heterocycles. The lowest BCUT2D eigenvalue weighted by molar-refractivity contribution is 0.656. The number of thiophene rings is 1. The van der Waals surface area contributed by atoms with Gasteiger partial charge >= 0.3 is 0 Å². The smallest absolute Gasteiger partial charge is 0.0770 e. The van der Waals surface area contributed by atoms with Crippen LogP contribution in [0.25, 0.3) is 0 Å². The molecule has 11 heavy (non-hydrogen) atoms. The van der Waals surface area contributed by atoms with Gasteiger partial charge in [-0.3, -0.25) is 0 Å². The van der Waals surface area contributed by atoms with E-state index in [1.54, 1.807) is 22.2 Å². The average molecular weight is 164 g/mol. The predicted molar refractivity (Wildman–Crippen MR) is 42.3 cm³/mol. The first kappa shape index (κ1) is 6.54. The highest BCUT2D eigenvalue weighted by Crippen LogP contribution is 2.08. The topological polar surface area (TPSA) is 30.7 Å². The molecule has 2 aromatic rings. The van der Waals surface area contributed by atoms with Gasteiger partial charge in [0.2, 0.25) is 0 Å². The van der Waals surface area contributed by atoms with E-state index in [9.17, 15) is 0 Å². The highest BCUT2D eigenvalue weighted by Gasteiger charge is 1.94. The fourth-order valence-corrected chi connectivity index (χ4v) is 1.45. The number of hydrogen-bond donors (Lipinski definition) is 0. The maximum absolute atomic E-state index is 3.85. The Morgan fingerprint density at radius 2 is 2.64 bits per heavy atom. The van der Waals surface area contributed by atoms with Crippen LogP contribution in [0.15, 0.2) is 24.5 Å². The van der Waals surface area contributed by atoms with Crippen molar-refractivity contribution >= 4 is 11.3 Å². The molecule has 0 amide bonds. The standard InChI is InChI=1S/C7H6N3S/c1-2-7(11-5-1)6-10-4-3-8-9-10/h1-4H,6H2. The van der Waals surface area contributed by atoms with Gasteiger partial charge in [-0.15, -0.1) is 16.4 Å². The van der Waals surface area contributed by atoms with Crippen LogP contribution in [0.5, 0.6) is 0 Å². The van der Waals surface area contributed by atoms with Crippen molar-refractivity contribution in [2.45, 2.75) is 6.54 Å². The molecular weight excluding hydrogens is 158 g/mol. The Balaban J connectivity index is 2.14. The molecular formula is C7H6N3S. The molecule has 2 heterocycles. The highest BCUT2D eigenvalue weighted by molar-refractivity contribution is 7.09. The number of hydrogen-bond acceptors (Lipinski definition) is 3. The molecule has 2 rings (SSSR count). The lowest BCUT2D eigenvalue weighted by Gasteiger charge is -1.93. The molecule has 3 nitrogen and oxygen atoms in total. The Morgan fingerprint density at radius 1 is 1.64 bits per heavy atom. The van der Waals surface area contributed by atoms with E-state index in [2.05, 4.69) is 15.7 Å². The van der Waals surface area contributed by atoms with Crippen LogP contribution in [-0.2, 0) is 6.54 Å². The van der Waals surface area contributed by atoms with E-state index >= 15 is 0 Å². The van der Waals surface area contributed by atoms with E-state index in [0.29, 0.717) is 0 Å². The number of rotatable bonds is 2. The summed E-state index contributed by atoms with van der Waals surface area (Å²) in [6.45, 7) is 0.800. The van der Waals surface area contributed by atoms with Gasteiger partial charge in [0.25, 0.3) is 0 Å². The van der Waals surface area contributed by atoms with Crippen molar-refractivity contribution in [2.24, 2.45) is 0 Å². The zero-order valence-electron chi connectivity index (χ0n) is 5.77. The molecule has 55 valence electrons. The second kappa shape index (κ2) is 2.84. The summed E-state index contributed by atoms with van der Waals surface area (Å²) in [6.07, 6.45) is 3.52. The van der Waals surface area contributed by atoms with Gasteiger partial charge < -0.3 is 0 Å². The quantitative estimate of drug-likeness (QED) is 0.667. The van der Waals surface area contributed by atoms with E-state index in [4.69, 9.17) is 0 Å². The van der Waals surface area contributed by atoms with Crippen molar-refractivity contribution in [3.8, 4) is 0 Å². The molecule has 0 aliphatic heterocycles. The van der Waals surface area contributed by atoms with Crippen molar-refractivity contribution in [3.63, 3.8) is 0 Å². The Morgan fingerprint density at radius 3 is 3.27 bits per heavy atom. The summed E-state index contributed by atoms with van der Waals surface area (Å²) in [5.74, 6) is 0. The molecule has 0 fully saturated rings. The minimum atomic E-state index is 0.800. The van der Waals surface area contributed by atoms with Crippen LogP contribution in [0, 0.1) is 5.38 Å². The average Bonchev–Trinajstić information content (AvgIpc) is 2.60. The molecule has 4 heteroatoms. The third-order valence-electron chi connectivity index (χ3n) is 1.32. The van der Waals surface area contributed by atoms with E-state index in [1.807, 2.05) is 18.3 Å². The fourth-order valence-electron chi connectivity index (χ4n) is 0.832. The van der Waals surface area contributed by atoms with Gasteiger partial charge in [-0.1, -0.05) is 5.21 Å². The summed E-state index contributed by atoms with van der Waals surface area (Å²) in [5.41, 5.74) is 0. The van der Waals surface area contributed by atoms with Crippen LogP contribution in [-0.4, -0.2) is 15.0 Å². The molecule has 0 N–H and O–H groups in total. The summed E-state index contributed by atoms with van der Waals surface area (Å²) in [5, 5.41) is 10.6. The van der Waals surface area contributed by atoms with Crippen molar-refractivity contribution in [3.05, 3.63) is 34.8 Å². The normalized spacial score (nSPS) is 10.2. The molecule has 0 spiro atoms. The maximum atomic E-state index is 3.85. The van der Waals surface area contributed by atoms with E-state index in [1.165, 1.54) is 4.88 Å². The number of nitrogens with zero attached hydrogens (tertiary/aromatic N) is 3. The van der Waals surface area contributed by atoms with Crippen LogP contribution in [0.2, 0.25) is 0 Å². The lowest BCUT2D eigenvalue weighted by Crippen LogP contribution is -1.97. The van der Waals surface area contributed by atoms with Crippen molar-refractivity contribution < 1.29 is 0 Å². The van der Waals surface area contributed by atoms with Crippen LogP contribution in [0.1, 0.15) is 4.88 Å². The van der Waals surface area contributed by atoms with Crippen molar-refractivity contribution in [1.82, 2.24) is 15.0 Å². The monoisotopic (exact) mass is 164 g/mol. The third kappa shape index (κ3) is 1.46. The zero-order chi connectivity index (χ0) is 7.52. The molecule has 1 radical (unpaired) electrons. The summed E-state index contributed by atoms with van der Waals surface area (Å²) in [6, 6.07) is 3.95. The first-order chi connectivity index (χ1) is 5.45. The summed E-state index contributed by atoms with van der Waals surface area (Å²) < 4.78 is 1.79. The SMILES string of the molecule is [c]1ccc(Cn2ccnn2)s1. The van der Waals surface area contributed by atoms with Gasteiger partial charge in [-0.25, -0.2) is 4.68 Å². The van der Waals surface area contributed by atoms with Crippen LogP contribution >= 0.6 is 11.3 Å². The van der Waals surface area contributed by atoms with E-state index in [-0.39, 0.29) is 0 Å². The lowest BCUT2D eigenvalue weighted by atomic mass is 10.5. The molecule has 0 bridgehead atoms. The summed E-state index contributed by atoms with van der Waals surface area (Å²) >= 11 is 1.61. The number of aromatic nitrogens is 3. The van der Waals surface area contributed by atoms with E-state index in [0.717, 1.165) is 6.54 Å². The molecule has 0 aliphatic carbocycles. The zero-order valence-corrected chi connectivity index (χ0v) is 6.58. The molecule has 0 aromatic carbocycles. The minimum absolute atomic E-state index is 0.800. The second-order valence-electron chi connectivity index (χ2n) is 2.12. The summed E-state index contributed by atoms with van der Waals surface area (Å²) in [4.78, 5) is 1.25. The Labute approximate surface area is 68.3 Å². The molecule has 0 unspecified atom stereocenters. The summed E-state index contributed by atoms with van der Waals surface area (Å²) in [7, 11) is 0. The third-order valence-corrected chi connectivity index (χ3v) is 2.10. The van der Waals surface area contributed by atoms with E-state index < -0.39 is 0 Å². The largest absolute Gasteiger partial charge is 0.247 e. The molecule has 0 atom stereocenters. The van der Waals surface area contributed by atoms with Crippen LogP contribution in [0.4, 0.5) is 0 Å². The minimum Gasteiger partial charge on any atom is -0.247 e. The highest BCUT2D eigenvalue weighted by atomic mass is 32.1. The van der Waals surface area contributed by atoms with Gasteiger partial charge in [0, 0.05) is 16.5 Å². The van der Waals surface area contributed by atoms with Gasteiger partial charge in [-0.05, 0) is 12.1 Å². The van der Waals surface area contributed by atoms with Crippen molar-refractivity contribution in [1.29, 1.82) is 0 Å². The Bertz CT molecular complexity index is 266. The second-order valence-corrected chi connectivity index (χ2v) is 3.08. The van der Waals surface area contributed by atoms with Crippen LogP contribution < -0.4 is 0 Å². The van der Waals surface area contributed by atoms with Crippen LogP contribution in [0.3, 0.4) is 0 Å². The van der Waals surface area contributed by atoms with Gasteiger partial charge in [0.1, 0.15) is 0 Å².